The van der Waals surface area contributed by atoms with Gasteiger partial charge in [0.2, 0.25) is 0 Å². The number of rotatable bonds is 5. The first-order chi connectivity index (χ1) is 16.4. The lowest BCUT2D eigenvalue weighted by Gasteiger charge is -2.20. The molecule has 11 heteroatoms. The molecule has 1 atom stereocenters. The predicted octanol–water partition coefficient (Wildman–Crippen LogP) is 2.99. The van der Waals surface area contributed by atoms with Crippen LogP contribution in [0, 0.1) is 18.2 Å². The van der Waals surface area contributed by atoms with E-state index in [0.717, 1.165) is 36.3 Å². The normalized spacial score (nSPS) is 15.6. The molecule has 1 aliphatic rings. The van der Waals surface area contributed by atoms with Crippen molar-refractivity contribution >= 4 is 46.5 Å². The van der Waals surface area contributed by atoms with Crippen LogP contribution in [0.15, 0.2) is 30.7 Å². The third-order valence-electron chi connectivity index (χ3n) is 6.53. The maximum Gasteiger partial charge on any atom is 0.269 e. The van der Waals surface area contributed by atoms with Crippen LogP contribution < -0.4 is 15.5 Å². The number of carbonyl (C=O) groups excluding carboxylic acids is 1. The molecule has 0 aliphatic carbocycles. The van der Waals surface area contributed by atoms with Gasteiger partial charge in [-0.25, -0.2) is 15.2 Å². The van der Waals surface area contributed by atoms with E-state index in [2.05, 4.69) is 36.6 Å². The third kappa shape index (κ3) is 3.71. The Kier molecular flexibility index (Phi) is 5.36. The van der Waals surface area contributed by atoms with Crippen LogP contribution in [0.3, 0.4) is 0 Å². The van der Waals surface area contributed by atoms with E-state index in [0.29, 0.717) is 34.2 Å². The molecule has 1 saturated heterocycles. The van der Waals surface area contributed by atoms with Gasteiger partial charge in [0.15, 0.2) is 17.3 Å². The minimum atomic E-state index is -0.279. The molecule has 2 N–H and O–H groups in total. The first-order valence-electron chi connectivity index (χ1n) is 11.3. The molecule has 0 saturated carbocycles. The Balaban J connectivity index is 1.47. The number of anilines is 3. The highest BCUT2D eigenvalue weighted by Gasteiger charge is 2.31. The molecule has 1 unspecified atom stereocenters. The number of nitriles is 1. The first kappa shape index (κ1) is 21.8. The molecule has 1 fully saturated rings. The number of aromatic nitrogens is 5. The summed E-state index contributed by atoms with van der Waals surface area (Å²) in [7, 11) is 3.63. The zero-order valence-corrected chi connectivity index (χ0v) is 19.7. The van der Waals surface area contributed by atoms with Crippen LogP contribution in [0.2, 0.25) is 12.6 Å². The molecule has 4 heterocycles. The Hall–Kier alpha value is -4.07. The maximum absolute atomic E-state index is 13.3. The number of nitrogens with one attached hydrogen (secondary N) is 2. The van der Waals surface area contributed by atoms with E-state index in [4.69, 9.17) is 0 Å². The number of carbonyl (C=O) groups is 1. The first-order valence-corrected chi connectivity index (χ1v) is 11.3. The van der Waals surface area contributed by atoms with Crippen molar-refractivity contribution in [2.75, 3.05) is 35.7 Å². The Bertz CT molecular complexity index is 1450. The number of imidazole rings is 1. The van der Waals surface area contributed by atoms with E-state index >= 15 is 0 Å². The lowest BCUT2D eigenvalue weighted by molar-refractivity contribution is 0.102. The van der Waals surface area contributed by atoms with Gasteiger partial charge < -0.3 is 19.9 Å². The van der Waals surface area contributed by atoms with Crippen LogP contribution >= 0.6 is 0 Å². The molecule has 0 radical (unpaired) electrons. The predicted molar refractivity (Wildman–Crippen MR) is 134 cm³/mol. The van der Waals surface area contributed by atoms with Crippen molar-refractivity contribution in [2.45, 2.75) is 26.0 Å². The fraction of sp³-hybridized carbons (Fsp3) is 0.348. The molecule has 34 heavy (non-hydrogen) atoms. The molecule has 4 aromatic rings. The van der Waals surface area contributed by atoms with E-state index in [9.17, 15) is 10.1 Å². The fourth-order valence-corrected chi connectivity index (χ4v) is 4.72. The number of benzene rings is 1. The van der Waals surface area contributed by atoms with Crippen LogP contribution in [0.1, 0.15) is 22.5 Å². The molecule has 10 nitrogen and oxygen atoms in total. The van der Waals surface area contributed by atoms with E-state index in [1.165, 1.54) is 0 Å². The van der Waals surface area contributed by atoms with E-state index in [1.54, 1.807) is 17.9 Å². The van der Waals surface area contributed by atoms with Gasteiger partial charge in [-0.1, -0.05) is 6.82 Å². The van der Waals surface area contributed by atoms with Crippen LogP contribution in [0.25, 0.3) is 16.6 Å². The Morgan fingerprint density at radius 1 is 1.26 bits per heavy atom. The summed E-state index contributed by atoms with van der Waals surface area (Å²) in [6.07, 6.45) is 6.56. The van der Waals surface area contributed by atoms with Gasteiger partial charge >= 0.3 is 0 Å². The van der Waals surface area contributed by atoms with Gasteiger partial charge in [0, 0.05) is 56.6 Å². The number of hydrogen-bond donors (Lipinski definition) is 2. The van der Waals surface area contributed by atoms with Crippen LogP contribution in [-0.2, 0) is 7.05 Å². The van der Waals surface area contributed by atoms with Gasteiger partial charge in [-0.05, 0) is 31.3 Å². The number of aryl methyl sites for hydroxylation is 2. The summed E-state index contributed by atoms with van der Waals surface area (Å²) in [4.78, 5) is 24.6. The van der Waals surface area contributed by atoms with Crippen molar-refractivity contribution in [2.24, 2.45) is 7.05 Å². The molecule has 5 rings (SSSR count). The summed E-state index contributed by atoms with van der Waals surface area (Å²) >= 11 is 0. The molecule has 1 amide bonds. The smallest absolute Gasteiger partial charge is 0.269 e. The summed E-state index contributed by atoms with van der Waals surface area (Å²) in [5, 5.41) is 20.8. The van der Waals surface area contributed by atoms with Crippen LogP contribution in [0.5, 0.6) is 0 Å². The summed E-state index contributed by atoms with van der Waals surface area (Å²) in [5.74, 6) is 3.44. The lowest BCUT2D eigenvalue weighted by Crippen LogP contribution is -2.23. The number of hydrogen-bond acceptors (Lipinski definition) is 7. The van der Waals surface area contributed by atoms with Gasteiger partial charge in [-0.15, -0.1) is 0 Å². The highest BCUT2D eigenvalue weighted by atomic mass is 16.1. The Morgan fingerprint density at radius 3 is 2.85 bits per heavy atom. The van der Waals surface area contributed by atoms with Crippen molar-refractivity contribution in [3.05, 3.63) is 42.0 Å². The second-order valence-corrected chi connectivity index (χ2v) is 8.90. The molecule has 1 aliphatic heterocycles. The standard InChI is InChI=1S/C23H26BN9O/c1-14-9-33-12-19(28-21(26-3)22(33)27-14)29-23(34)16-5-6-18(17-11-31(4)30-20(16)17)32-8-7-15(10-32)24(2)13-25/h5-6,9,11-12,15H,7-8,10H2,1-4H3,(H,26,28)(H,29,34). The summed E-state index contributed by atoms with van der Waals surface area (Å²) < 4.78 is 3.57. The average molecular weight is 455 g/mol. The highest BCUT2D eigenvalue weighted by Crippen LogP contribution is 2.35. The Morgan fingerprint density at radius 2 is 2.09 bits per heavy atom. The fourth-order valence-electron chi connectivity index (χ4n) is 4.72. The summed E-state index contributed by atoms with van der Waals surface area (Å²) in [5.41, 5.74) is 3.72. The number of nitrogens with zero attached hydrogens (tertiary/aromatic N) is 7. The van der Waals surface area contributed by atoms with Crippen molar-refractivity contribution in [1.29, 1.82) is 5.26 Å². The van der Waals surface area contributed by atoms with Gasteiger partial charge in [-0.3, -0.25) is 9.48 Å². The minimum absolute atomic E-state index is 0.0195. The average Bonchev–Trinajstić information content (AvgIpc) is 3.54. The van der Waals surface area contributed by atoms with Gasteiger partial charge in [0.1, 0.15) is 5.52 Å². The molecule has 1 aromatic carbocycles. The molecule has 0 bridgehead atoms. The van der Waals surface area contributed by atoms with Crippen LogP contribution in [0.4, 0.5) is 17.3 Å². The number of fused-ring (bicyclic) bond motifs is 2. The largest absolute Gasteiger partial charge is 0.371 e. The van der Waals surface area contributed by atoms with Gasteiger partial charge in [0.25, 0.3) is 12.6 Å². The molecule has 0 spiro atoms. The van der Waals surface area contributed by atoms with Crippen molar-refractivity contribution < 1.29 is 4.79 Å². The number of amides is 1. The monoisotopic (exact) mass is 455 g/mol. The van der Waals surface area contributed by atoms with E-state index in [1.807, 2.05) is 49.7 Å². The molecule has 3 aromatic heterocycles. The topological polar surface area (TPSA) is 116 Å². The quantitative estimate of drug-likeness (QED) is 0.445. The second kappa shape index (κ2) is 8.37. The SMILES string of the molecule is CNc1nc(NC(=O)c2ccc(N3CCC(B(C)C#N)C3)c3cn(C)nc23)cn2cc(C)nc12. The second-order valence-electron chi connectivity index (χ2n) is 8.90. The van der Waals surface area contributed by atoms with Crippen LogP contribution in [-0.4, -0.2) is 56.9 Å². The molecular weight excluding hydrogens is 429 g/mol. The van der Waals surface area contributed by atoms with Crippen molar-refractivity contribution in [3.8, 4) is 5.97 Å². The third-order valence-corrected chi connectivity index (χ3v) is 6.53. The summed E-state index contributed by atoms with van der Waals surface area (Å²) in [6, 6.07) is 3.80. The van der Waals surface area contributed by atoms with E-state index < -0.39 is 0 Å². The lowest BCUT2D eigenvalue weighted by atomic mass is 9.44. The van der Waals surface area contributed by atoms with Gasteiger partial charge in [-0.2, -0.15) is 5.10 Å². The van der Waals surface area contributed by atoms with Crippen molar-refractivity contribution in [3.63, 3.8) is 0 Å². The highest BCUT2D eigenvalue weighted by molar-refractivity contribution is 6.67. The zero-order chi connectivity index (χ0) is 24.0. The Labute approximate surface area is 197 Å². The molecule has 172 valence electrons. The molecular formula is C23H26BN9O. The van der Waals surface area contributed by atoms with Crippen molar-refractivity contribution in [1.82, 2.24) is 24.1 Å². The summed E-state index contributed by atoms with van der Waals surface area (Å²) in [6.45, 7) is 5.62. The zero-order valence-electron chi connectivity index (χ0n) is 19.7. The maximum atomic E-state index is 13.3. The minimum Gasteiger partial charge on any atom is -0.371 e. The van der Waals surface area contributed by atoms with E-state index in [-0.39, 0.29) is 12.6 Å². The van der Waals surface area contributed by atoms with Gasteiger partial charge in [0.05, 0.1) is 17.5 Å².